The van der Waals surface area contributed by atoms with Crippen molar-refractivity contribution in [2.45, 2.75) is 32.7 Å². The summed E-state index contributed by atoms with van der Waals surface area (Å²) in [5.41, 5.74) is 0.768. The second-order valence-corrected chi connectivity index (χ2v) is 6.61. The number of piperidine rings is 1. The summed E-state index contributed by atoms with van der Waals surface area (Å²) in [7, 11) is 0. The van der Waals surface area contributed by atoms with E-state index in [0.717, 1.165) is 18.7 Å². The minimum atomic E-state index is -0.416. The SMILES string of the molecule is CCN1CCC(CNC(C)c2cc(F)c(Cl)cc2Cl)CC1. The maximum absolute atomic E-state index is 13.6. The van der Waals surface area contributed by atoms with Crippen LogP contribution in [0.15, 0.2) is 12.1 Å². The van der Waals surface area contributed by atoms with Gasteiger partial charge in [-0.15, -0.1) is 0 Å². The summed E-state index contributed by atoms with van der Waals surface area (Å²) in [5, 5.41) is 4.06. The summed E-state index contributed by atoms with van der Waals surface area (Å²) >= 11 is 11.9. The molecule has 0 radical (unpaired) electrons. The van der Waals surface area contributed by atoms with E-state index in [1.165, 1.54) is 38.1 Å². The van der Waals surface area contributed by atoms with Gasteiger partial charge in [0.05, 0.1) is 5.02 Å². The summed E-state index contributed by atoms with van der Waals surface area (Å²) in [5.74, 6) is 0.271. The molecule has 1 unspecified atom stereocenters. The fourth-order valence-corrected chi connectivity index (χ4v) is 3.38. The van der Waals surface area contributed by atoms with Gasteiger partial charge >= 0.3 is 0 Å². The Balaban J connectivity index is 1.88. The third-order valence-corrected chi connectivity index (χ3v) is 4.99. The number of rotatable bonds is 5. The van der Waals surface area contributed by atoms with Gasteiger partial charge in [-0.25, -0.2) is 4.39 Å². The molecular weight excluding hydrogens is 310 g/mol. The van der Waals surface area contributed by atoms with Crippen LogP contribution in [-0.2, 0) is 0 Å². The van der Waals surface area contributed by atoms with Gasteiger partial charge in [0.25, 0.3) is 0 Å². The summed E-state index contributed by atoms with van der Waals surface area (Å²) < 4.78 is 13.6. The average Bonchev–Trinajstić information content (AvgIpc) is 2.49. The van der Waals surface area contributed by atoms with Crippen LogP contribution in [0.2, 0.25) is 10.0 Å². The van der Waals surface area contributed by atoms with E-state index in [1.807, 2.05) is 6.92 Å². The standard InChI is InChI=1S/C16H23Cl2FN2/c1-3-21-6-4-12(5-7-21)10-20-11(2)13-8-16(19)15(18)9-14(13)17/h8-9,11-12,20H,3-7,10H2,1-2H3. The second kappa shape index (κ2) is 7.77. The van der Waals surface area contributed by atoms with Crippen LogP contribution >= 0.6 is 23.2 Å². The minimum Gasteiger partial charge on any atom is -0.310 e. The van der Waals surface area contributed by atoms with Crippen molar-refractivity contribution in [3.8, 4) is 0 Å². The molecule has 1 atom stereocenters. The lowest BCUT2D eigenvalue weighted by Gasteiger charge is -2.31. The first-order valence-electron chi connectivity index (χ1n) is 7.61. The molecule has 0 amide bonds. The van der Waals surface area contributed by atoms with Crippen molar-refractivity contribution in [2.75, 3.05) is 26.2 Å². The Morgan fingerprint density at radius 2 is 1.95 bits per heavy atom. The van der Waals surface area contributed by atoms with E-state index < -0.39 is 5.82 Å². The molecule has 0 spiro atoms. The Kier molecular flexibility index (Phi) is 6.30. The highest BCUT2D eigenvalue weighted by Gasteiger charge is 2.19. The molecule has 0 aromatic heterocycles. The first kappa shape index (κ1) is 17.0. The third-order valence-electron chi connectivity index (χ3n) is 4.37. The van der Waals surface area contributed by atoms with Crippen molar-refractivity contribution in [3.05, 3.63) is 33.6 Å². The van der Waals surface area contributed by atoms with Crippen LogP contribution in [0.25, 0.3) is 0 Å². The Morgan fingerprint density at radius 1 is 1.29 bits per heavy atom. The van der Waals surface area contributed by atoms with Crippen molar-refractivity contribution in [1.82, 2.24) is 10.2 Å². The van der Waals surface area contributed by atoms with Crippen LogP contribution in [0.4, 0.5) is 4.39 Å². The van der Waals surface area contributed by atoms with E-state index in [1.54, 1.807) is 0 Å². The van der Waals surface area contributed by atoms with Gasteiger partial charge in [-0.2, -0.15) is 0 Å². The minimum absolute atomic E-state index is 0.0217. The van der Waals surface area contributed by atoms with E-state index in [2.05, 4.69) is 17.1 Å². The number of hydrogen-bond acceptors (Lipinski definition) is 2. The number of halogens is 3. The summed E-state index contributed by atoms with van der Waals surface area (Å²) in [6, 6.07) is 2.93. The van der Waals surface area contributed by atoms with Crippen LogP contribution in [0.5, 0.6) is 0 Å². The van der Waals surface area contributed by atoms with E-state index >= 15 is 0 Å². The largest absolute Gasteiger partial charge is 0.310 e. The monoisotopic (exact) mass is 332 g/mol. The van der Waals surface area contributed by atoms with Crippen LogP contribution < -0.4 is 5.32 Å². The van der Waals surface area contributed by atoms with Gasteiger partial charge in [0.1, 0.15) is 5.82 Å². The van der Waals surface area contributed by atoms with E-state index in [-0.39, 0.29) is 11.1 Å². The normalized spacial score (nSPS) is 18.9. The Morgan fingerprint density at radius 3 is 2.57 bits per heavy atom. The third kappa shape index (κ3) is 4.56. The van der Waals surface area contributed by atoms with Gasteiger partial charge in [0, 0.05) is 11.1 Å². The Hall–Kier alpha value is -0.350. The molecule has 0 aliphatic carbocycles. The first-order chi connectivity index (χ1) is 10.0. The fraction of sp³-hybridized carbons (Fsp3) is 0.625. The number of likely N-dealkylation sites (tertiary alicyclic amines) is 1. The molecule has 1 N–H and O–H groups in total. The van der Waals surface area contributed by atoms with Gasteiger partial charge in [0.15, 0.2) is 0 Å². The number of hydrogen-bond donors (Lipinski definition) is 1. The molecular formula is C16H23Cl2FN2. The van der Waals surface area contributed by atoms with Crippen molar-refractivity contribution in [1.29, 1.82) is 0 Å². The Labute approximate surface area is 136 Å². The van der Waals surface area contributed by atoms with Crippen LogP contribution in [0, 0.1) is 11.7 Å². The van der Waals surface area contributed by atoms with E-state index in [4.69, 9.17) is 23.2 Å². The number of nitrogens with zero attached hydrogens (tertiary/aromatic N) is 1. The molecule has 1 heterocycles. The predicted octanol–water partition coefficient (Wildman–Crippen LogP) is 4.52. The highest BCUT2D eigenvalue weighted by molar-refractivity contribution is 6.35. The zero-order chi connectivity index (χ0) is 15.4. The molecule has 2 nitrogen and oxygen atoms in total. The van der Waals surface area contributed by atoms with E-state index in [0.29, 0.717) is 10.9 Å². The lowest BCUT2D eigenvalue weighted by atomic mass is 9.96. The summed E-state index contributed by atoms with van der Waals surface area (Å²) in [4.78, 5) is 2.48. The fourth-order valence-electron chi connectivity index (χ4n) is 2.83. The van der Waals surface area contributed by atoms with Gasteiger partial charge < -0.3 is 10.2 Å². The second-order valence-electron chi connectivity index (χ2n) is 5.80. The molecule has 1 aromatic carbocycles. The van der Waals surface area contributed by atoms with Crippen LogP contribution in [-0.4, -0.2) is 31.1 Å². The van der Waals surface area contributed by atoms with Crippen LogP contribution in [0.1, 0.15) is 38.3 Å². The van der Waals surface area contributed by atoms with Crippen molar-refractivity contribution >= 4 is 23.2 Å². The van der Waals surface area contributed by atoms with Gasteiger partial charge in [0.2, 0.25) is 0 Å². The molecule has 1 saturated heterocycles. The quantitative estimate of drug-likeness (QED) is 0.797. The molecule has 0 saturated carbocycles. The lowest BCUT2D eigenvalue weighted by Crippen LogP contribution is -2.37. The van der Waals surface area contributed by atoms with Crippen molar-refractivity contribution in [3.63, 3.8) is 0 Å². The number of benzene rings is 1. The highest BCUT2D eigenvalue weighted by Crippen LogP contribution is 2.29. The molecule has 118 valence electrons. The summed E-state index contributed by atoms with van der Waals surface area (Å²) in [6.45, 7) is 8.64. The molecule has 0 bridgehead atoms. The zero-order valence-electron chi connectivity index (χ0n) is 12.6. The predicted molar refractivity (Wildman–Crippen MR) is 87.7 cm³/mol. The van der Waals surface area contributed by atoms with E-state index in [9.17, 15) is 4.39 Å². The zero-order valence-corrected chi connectivity index (χ0v) is 14.1. The highest BCUT2D eigenvalue weighted by atomic mass is 35.5. The maximum Gasteiger partial charge on any atom is 0.142 e. The van der Waals surface area contributed by atoms with Gasteiger partial charge in [-0.05, 0) is 69.6 Å². The van der Waals surface area contributed by atoms with Gasteiger partial charge in [-0.1, -0.05) is 30.1 Å². The van der Waals surface area contributed by atoms with Crippen molar-refractivity contribution < 1.29 is 4.39 Å². The smallest absolute Gasteiger partial charge is 0.142 e. The van der Waals surface area contributed by atoms with Crippen LogP contribution in [0.3, 0.4) is 0 Å². The first-order valence-corrected chi connectivity index (χ1v) is 8.37. The number of nitrogens with one attached hydrogen (secondary N) is 1. The lowest BCUT2D eigenvalue weighted by molar-refractivity contribution is 0.188. The topological polar surface area (TPSA) is 15.3 Å². The summed E-state index contributed by atoms with van der Waals surface area (Å²) in [6.07, 6.45) is 2.44. The molecule has 2 rings (SSSR count). The molecule has 1 aliphatic rings. The average molecular weight is 333 g/mol. The molecule has 1 aliphatic heterocycles. The maximum atomic E-state index is 13.6. The van der Waals surface area contributed by atoms with Gasteiger partial charge in [-0.3, -0.25) is 0 Å². The molecule has 21 heavy (non-hydrogen) atoms. The molecule has 1 aromatic rings. The molecule has 5 heteroatoms. The molecule has 1 fully saturated rings. The van der Waals surface area contributed by atoms with Crippen molar-refractivity contribution in [2.24, 2.45) is 5.92 Å². The Bertz CT molecular complexity index is 474.